The largest absolute Gasteiger partial charge is 0.312 e. The summed E-state index contributed by atoms with van der Waals surface area (Å²) in [5, 5.41) is 5.73. The molecule has 0 radical (unpaired) electrons. The van der Waals surface area contributed by atoms with Gasteiger partial charge < -0.3 is 5.32 Å². The van der Waals surface area contributed by atoms with Gasteiger partial charge in [0, 0.05) is 10.9 Å². The van der Waals surface area contributed by atoms with Crippen molar-refractivity contribution in [2.75, 3.05) is 7.05 Å². The van der Waals surface area contributed by atoms with Gasteiger partial charge in [0.2, 0.25) is 0 Å². The molecule has 0 fully saturated rings. The molecular weight excluding hydrogens is 238 g/mol. The molecule has 18 heavy (non-hydrogen) atoms. The van der Waals surface area contributed by atoms with Gasteiger partial charge >= 0.3 is 0 Å². The summed E-state index contributed by atoms with van der Waals surface area (Å²) in [7, 11) is 2.10. The van der Waals surface area contributed by atoms with E-state index in [9.17, 15) is 0 Å². The molecule has 0 saturated heterocycles. The van der Waals surface area contributed by atoms with Gasteiger partial charge in [-0.1, -0.05) is 52.4 Å². The molecule has 0 bridgehead atoms. The van der Waals surface area contributed by atoms with Gasteiger partial charge in [0.1, 0.15) is 0 Å². The van der Waals surface area contributed by atoms with Crippen molar-refractivity contribution in [1.82, 2.24) is 5.32 Å². The third-order valence-electron chi connectivity index (χ3n) is 3.67. The maximum absolute atomic E-state index is 3.49. The predicted octanol–water partition coefficient (Wildman–Crippen LogP) is 5.32. The van der Waals surface area contributed by atoms with E-state index in [1.54, 1.807) is 4.88 Å². The number of nitrogens with one attached hydrogen (secondary N) is 1. The highest BCUT2D eigenvalue weighted by atomic mass is 32.1. The van der Waals surface area contributed by atoms with Crippen LogP contribution in [0, 0.1) is 0 Å². The summed E-state index contributed by atoms with van der Waals surface area (Å²) >= 11 is 1.92. The van der Waals surface area contributed by atoms with Crippen LogP contribution in [0.5, 0.6) is 0 Å². The number of thiophene rings is 1. The lowest BCUT2D eigenvalue weighted by Crippen LogP contribution is -2.16. The molecule has 1 heterocycles. The summed E-state index contributed by atoms with van der Waals surface area (Å²) in [6, 6.07) is 2.86. The molecule has 1 aromatic heterocycles. The van der Waals surface area contributed by atoms with E-state index in [4.69, 9.17) is 0 Å². The number of hydrogen-bond donors (Lipinski definition) is 1. The Morgan fingerprint density at radius 2 is 1.83 bits per heavy atom. The number of hydrogen-bond acceptors (Lipinski definition) is 2. The molecule has 1 aromatic rings. The van der Waals surface area contributed by atoms with Gasteiger partial charge in [0.25, 0.3) is 0 Å². The Bertz CT molecular complexity index is 306. The van der Waals surface area contributed by atoms with Gasteiger partial charge in [-0.15, -0.1) is 11.3 Å². The van der Waals surface area contributed by atoms with E-state index in [1.165, 1.54) is 50.5 Å². The zero-order chi connectivity index (χ0) is 13.2. The fourth-order valence-electron chi connectivity index (χ4n) is 2.48. The monoisotopic (exact) mass is 267 g/mol. The zero-order valence-corrected chi connectivity index (χ0v) is 13.1. The topological polar surface area (TPSA) is 12.0 Å². The average molecular weight is 267 g/mol. The number of rotatable bonds is 10. The SMILES string of the molecule is CCCCCCCCC(NC)c1sccc1CC. The molecular formula is C16H29NS. The fourth-order valence-corrected chi connectivity index (χ4v) is 3.62. The van der Waals surface area contributed by atoms with Crippen LogP contribution in [0.15, 0.2) is 11.4 Å². The second kappa shape index (κ2) is 9.57. The van der Waals surface area contributed by atoms with Crippen LogP contribution in [0.4, 0.5) is 0 Å². The summed E-state index contributed by atoms with van der Waals surface area (Å²) < 4.78 is 0. The average Bonchev–Trinajstić information content (AvgIpc) is 2.86. The van der Waals surface area contributed by atoms with E-state index < -0.39 is 0 Å². The molecule has 1 unspecified atom stereocenters. The van der Waals surface area contributed by atoms with E-state index in [0.717, 1.165) is 6.42 Å². The van der Waals surface area contributed by atoms with Gasteiger partial charge in [-0.25, -0.2) is 0 Å². The van der Waals surface area contributed by atoms with Crippen molar-refractivity contribution in [2.45, 2.75) is 71.3 Å². The first-order valence-electron chi connectivity index (χ1n) is 7.57. The summed E-state index contributed by atoms with van der Waals surface area (Å²) in [5.74, 6) is 0. The molecule has 2 heteroatoms. The van der Waals surface area contributed by atoms with Crippen molar-refractivity contribution in [3.05, 3.63) is 21.9 Å². The lowest BCUT2D eigenvalue weighted by molar-refractivity contribution is 0.501. The minimum absolute atomic E-state index is 0.575. The Morgan fingerprint density at radius 1 is 1.11 bits per heavy atom. The first-order valence-corrected chi connectivity index (χ1v) is 8.44. The molecule has 1 N–H and O–H groups in total. The molecule has 0 aliphatic rings. The molecule has 0 aromatic carbocycles. The third-order valence-corrected chi connectivity index (χ3v) is 4.75. The molecule has 1 atom stereocenters. The summed E-state index contributed by atoms with van der Waals surface area (Å²) in [6.45, 7) is 4.53. The zero-order valence-electron chi connectivity index (χ0n) is 12.3. The van der Waals surface area contributed by atoms with Crippen LogP contribution in [-0.4, -0.2) is 7.05 Å². The maximum atomic E-state index is 3.49. The smallest absolute Gasteiger partial charge is 0.0415 e. The lowest BCUT2D eigenvalue weighted by atomic mass is 10.0. The Hall–Kier alpha value is -0.340. The minimum atomic E-state index is 0.575. The van der Waals surface area contributed by atoms with Gasteiger partial charge in [0.05, 0.1) is 0 Å². The Labute approximate surface area is 117 Å². The van der Waals surface area contributed by atoms with Crippen molar-refractivity contribution in [3.8, 4) is 0 Å². The van der Waals surface area contributed by atoms with Crippen LogP contribution in [0.1, 0.15) is 75.3 Å². The van der Waals surface area contributed by atoms with Crippen LogP contribution < -0.4 is 5.32 Å². The van der Waals surface area contributed by atoms with Gasteiger partial charge in [0.15, 0.2) is 0 Å². The van der Waals surface area contributed by atoms with Crippen LogP contribution in [0.25, 0.3) is 0 Å². The van der Waals surface area contributed by atoms with E-state index in [-0.39, 0.29) is 0 Å². The van der Waals surface area contributed by atoms with E-state index in [0.29, 0.717) is 6.04 Å². The fraction of sp³-hybridized carbons (Fsp3) is 0.750. The Balaban J connectivity index is 2.29. The van der Waals surface area contributed by atoms with E-state index in [2.05, 4.69) is 37.7 Å². The van der Waals surface area contributed by atoms with E-state index >= 15 is 0 Å². The van der Waals surface area contributed by atoms with Crippen molar-refractivity contribution in [3.63, 3.8) is 0 Å². The normalized spacial score (nSPS) is 12.8. The van der Waals surface area contributed by atoms with Crippen LogP contribution in [-0.2, 0) is 6.42 Å². The van der Waals surface area contributed by atoms with Crippen molar-refractivity contribution in [1.29, 1.82) is 0 Å². The van der Waals surface area contributed by atoms with Crippen molar-refractivity contribution < 1.29 is 0 Å². The molecule has 1 nitrogen and oxygen atoms in total. The highest BCUT2D eigenvalue weighted by Crippen LogP contribution is 2.28. The molecule has 0 spiro atoms. The second-order valence-electron chi connectivity index (χ2n) is 5.06. The lowest BCUT2D eigenvalue weighted by Gasteiger charge is -2.16. The number of unbranched alkanes of at least 4 members (excludes halogenated alkanes) is 5. The van der Waals surface area contributed by atoms with Crippen LogP contribution in [0.2, 0.25) is 0 Å². The molecule has 0 saturated carbocycles. The molecule has 1 rings (SSSR count). The minimum Gasteiger partial charge on any atom is -0.312 e. The standard InChI is InChI=1S/C16H29NS/c1-4-6-7-8-9-10-11-15(17-3)16-14(5-2)12-13-18-16/h12-13,15,17H,4-11H2,1-3H3. The Kier molecular flexibility index (Phi) is 8.36. The van der Waals surface area contributed by atoms with E-state index in [1.807, 2.05) is 11.3 Å². The molecule has 0 amide bonds. The maximum Gasteiger partial charge on any atom is 0.0415 e. The highest BCUT2D eigenvalue weighted by molar-refractivity contribution is 7.10. The predicted molar refractivity (Wildman–Crippen MR) is 83.5 cm³/mol. The first kappa shape index (κ1) is 15.7. The second-order valence-corrected chi connectivity index (χ2v) is 6.01. The molecule has 104 valence electrons. The van der Waals surface area contributed by atoms with Gasteiger partial charge in [-0.2, -0.15) is 0 Å². The summed E-state index contributed by atoms with van der Waals surface area (Å²) in [5.41, 5.74) is 1.53. The summed E-state index contributed by atoms with van der Waals surface area (Å²) in [4.78, 5) is 1.56. The van der Waals surface area contributed by atoms with Crippen LogP contribution >= 0.6 is 11.3 Å². The third kappa shape index (κ3) is 5.11. The van der Waals surface area contributed by atoms with Gasteiger partial charge in [-0.05, 0) is 36.9 Å². The first-order chi connectivity index (χ1) is 8.83. The molecule has 0 aliphatic heterocycles. The van der Waals surface area contributed by atoms with Crippen LogP contribution in [0.3, 0.4) is 0 Å². The molecule has 0 aliphatic carbocycles. The van der Waals surface area contributed by atoms with Crippen molar-refractivity contribution in [2.24, 2.45) is 0 Å². The quantitative estimate of drug-likeness (QED) is 0.566. The summed E-state index contributed by atoms with van der Waals surface area (Å²) in [6.07, 6.45) is 10.8. The van der Waals surface area contributed by atoms with Crippen molar-refractivity contribution >= 4 is 11.3 Å². The number of aryl methyl sites for hydroxylation is 1. The highest BCUT2D eigenvalue weighted by Gasteiger charge is 2.13. The Morgan fingerprint density at radius 3 is 2.50 bits per heavy atom. The van der Waals surface area contributed by atoms with Gasteiger partial charge in [-0.3, -0.25) is 0 Å².